The van der Waals surface area contributed by atoms with E-state index >= 15 is 0 Å². The van der Waals surface area contributed by atoms with E-state index in [1.807, 2.05) is 18.2 Å². The standard InChI is InChI=1S/C49H30N2O2S/c1-3-10-31(11-4-1)32-18-23-36(24-19-32)51(40-15-9-17-42-46(40)38-14-7-8-16-41(38)52-42)37-25-20-33(21-26-37)35-22-27-39-44(30-35)53-43-28-29-45-48(47(39)43)50-49(54-45)34-12-5-2-6-13-34/h1-30H. The van der Waals surface area contributed by atoms with Crippen LogP contribution in [-0.4, -0.2) is 4.98 Å². The van der Waals surface area contributed by atoms with E-state index in [1.165, 1.54) is 11.1 Å². The summed E-state index contributed by atoms with van der Waals surface area (Å²) in [5.74, 6) is 0. The molecule has 8 aromatic carbocycles. The Morgan fingerprint density at radius 2 is 0.981 bits per heavy atom. The Kier molecular flexibility index (Phi) is 7.00. The van der Waals surface area contributed by atoms with E-state index < -0.39 is 0 Å². The second-order valence-electron chi connectivity index (χ2n) is 13.5. The summed E-state index contributed by atoms with van der Waals surface area (Å²) < 4.78 is 14.0. The lowest BCUT2D eigenvalue weighted by Crippen LogP contribution is -2.10. The van der Waals surface area contributed by atoms with E-state index in [0.717, 1.165) is 92.9 Å². The Hall–Kier alpha value is -6.95. The summed E-state index contributed by atoms with van der Waals surface area (Å²) in [5.41, 5.74) is 13.3. The molecule has 54 heavy (non-hydrogen) atoms. The van der Waals surface area contributed by atoms with Crippen molar-refractivity contribution in [1.29, 1.82) is 0 Å². The lowest BCUT2D eigenvalue weighted by molar-refractivity contribution is 0.668. The van der Waals surface area contributed by atoms with Crippen LogP contribution >= 0.6 is 11.3 Å². The Morgan fingerprint density at radius 1 is 0.407 bits per heavy atom. The molecule has 0 aliphatic rings. The maximum Gasteiger partial charge on any atom is 0.137 e. The molecule has 0 aliphatic heterocycles. The highest BCUT2D eigenvalue weighted by molar-refractivity contribution is 7.21. The van der Waals surface area contributed by atoms with E-state index in [2.05, 4.69) is 169 Å². The second kappa shape index (κ2) is 12.3. The van der Waals surface area contributed by atoms with Crippen LogP contribution in [0.5, 0.6) is 0 Å². The molecule has 0 bridgehead atoms. The van der Waals surface area contributed by atoms with E-state index in [0.29, 0.717) is 0 Å². The van der Waals surface area contributed by atoms with Crippen LogP contribution in [0.15, 0.2) is 191 Å². The van der Waals surface area contributed by atoms with Crippen molar-refractivity contribution in [3.05, 3.63) is 182 Å². The SMILES string of the molecule is c1ccc(-c2ccc(N(c3ccc(-c4ccc5c(c4)oc4ccc6sc(-c7ccccc7)nc6c45)cc3)c3cccc4oc5ccccc5c34)cc2)cc1. The smallest absolute Gasteiger partial charge is 0.137 e. The fourth-order valence-electron chi connectivity index (χ4n) is 7.74. The van der Waals surface area contributed by atoms with Crippen LogP contribution in [-0.2, 0) is 0 Å². The number of hydrogen-bond donors (Lipinski definition) is 0. The summed E-state index contributed by atoms with van der Waals surface area (Å²) in [6.45, 7) is 0. The number of rotatable bonds is 6. The Balaban J connectivity index is 1.00. The molecular weight excluding hydrogens is 681 g/mol. The van der Waals surface area contributed by atoms with Gasteiger partial charge in [0.15, 0.2) is 0 Å². The van der Waals surface area contributed by atoms with Gasteiger partial charge in [-0.1, -0.05) is 115 Å². The quantitative estimate of drug-likeness (QED) is 0.172. The number of fused-ring (bicyclic) bond motifs is 8. The van der Waals surface area contributed by atoms with Crippen LogP contribution in [0, 0.1) is 0 Å². The lowest BCUT2D eigenvalue weighted by Gasteiger charge is -2.26. The Morgan fingerprint density at radius 3 is 1.74 bits per heavy atom. The fourth-order valence-corrected chi connectivity index (χ4v) is 8.72. The molecule has 0 N–H and O–H groups in total. The van der Waals surface area contributed by atoms with Gasteiger partial charge < -0.3 is 13.7 Å². The average molecular weight is 711 g/mol. The van der Waals surface area contributed by atoms with Gasteiger partial charge in [-0.2, -0.15) is 0 Å². The van der Waals surface area contributed by atoms with Crippen LogP contribution in [0.1, 0.15) is 0 Å². The number of thiazole rings is 1. The van der Waals surface area contributed by atoms with Crippen LogP contribution in [0.3, 0.4) is 0 Å². The minimum absolute atomic E-state index is 0.852. The first kappa shape index (κ1) is 30.7. The van der Waals surface area contributed by atoms with Crippen LogP contribution < -0.4 is 4.90 Å². The van der Waals surface area contributed by atoms with Gasteiger partial charge in [-0.25, -0.2) is 4.98 Å². The zero-order chi connectivity index (χ0) is 35.6. The summed E-state index contributed by atoms with van der Waals surface area (Å²) in [5, 5.41) is 5.34. The van der Waals surface area contributed by atoms with Crippen LogP contribution in [0.2, 0.25) is 0 Å². The van der Waals surface area contributed by atoms with Gasteiger partial charge >= 0.3 is 0 Å². The fraction of sp³-hybridized carbons (Fsp3) is 0. The molecule has 5 heteroatoms. The maximum absolute atomic E-state index is 6.47. The van der Waals surface area contributed by atoms with Crippen molar-refractivity contribution >= 4 is 82.5 Å². The zero-order valence-corrected chi connectivity index (χ0v) is 29.8. The van der Waals surface area contributed by atoms with E-state index in [9.17, 15) is 0 Å². The van der Waals surface area contributed by atoms with Crippen LogP contribution in [0.25, 0.3) is 86.9 Å². The van der Waals surface area contributed by atoms with Crippen molar-refractivity contribution < 1.29 is 8.83 Å². The molecule has 0 atom stereocenters. The minimum Gasteiger partial charge on any atom is -0.456 e. The molecule has 0 unspecified atom stereocenters. The summed E-state index contributed by atoms with van der Waals surface area (Å²) >= 11 is 1.72. The van der Waals surface area contributed by atoms with Gasteiger partial charge in [0, 0.05) is 27.7 Å². The predicted octanol–water partition coefficient (Wildman–Crippen LogP) is 14.6. The highest BCUT2D eigenvalue weighted by atomic mass is 32.1. The number of nitrogens with zero attached hydrogens (tertiary/aromatic N) is 2. The molecule has 0 saturated carbocycles. The molecule has 3 heterocycles. The first-order valence-electron chi connectivity index (χ1n) is 18.0. The van der Waals surface area contributed by atoms with E-state index in [-0.39, 0.29) is 0 Å². The lowest BCUT2D eigenvalue weighted by atomic mass is 10.0. The first-order chi connectivity index (χ1) is 26.7. The molecule has 0 aliphatic carbocycles. The van der Waals surface area contributed by atoms with Crippen molar-refractivity contribution in [1.82, 2.24) is 4.98 Å². The van der Waals surface area contributed by atoms with Crippen molar-refractivity contribution in [3.63, 3.8) is 0 Å². The molecule has 0 saturated heterocycles. The average Bonchev–Trinajstić information content (AvgIpc) is 3.95. The Labute approximate surface area is 314 Å². The normalized spacial score (nSPS) is 11.7. The van der Waals surface area contributed by atoms with Gasteiger partial charge in [0.05, 0.1) is 26.7 Å². The van der Waals surface area contributed by atoms with Gasteiger partial charge in [-0.05, 0) is 89.0 Å². The molecule has 3 aromatic heterocycles. The number of aromatic nitrogens is 1. The summed E-state index contributed by atoms with van der Waals surface area (Å²) in [4.78, 5) is 7.42. The van der Waals surface area contributed by atoms with Crippen molar-refractivity contribution in [2.45, 2.75) is 0 Å². The molecule has 11 aromatic rings. The topological polar surface area (TPSA) is 42.4 Å². The van der Waals surface area contributed by atoms with Gasteiger partial charge in [0.2, 0.25) is 0 Å². The number of furan rings is 2. The molecule has 0 fully saturated rings. The predicted molar refractivity (Wildman–Crippen MR) is 225 cm³/mol. The number of hydrogen-bond acceptors (Lipinski definition) is 5. The summed E-state index contributed by atoms with van der Waals surface area (Å²) in [7, 11) is 0. The van der Waals surface area contributed by atoms with Gasteiger partial charge in [-0.3, -0.25) is 0 Å². The second-order valence-corrected chi connectivity index (χ2v) is 14.6. The zero-order valence-electron chi connectivity index (χ0n) is 28.9. The molecule has 4 nitrogen and oxygen atoms in total. The summed E-state index contributed by atoms with van der Waals surface area (Å²) in [6, 6.07) is 63.8. The van der Waals surface area contributed by atoms with Crippen molar-refractivity contribution in [3.8, 4) is 32.8 Å². The first-order valence-corrected chi connectivity index (χ1v) is 18.8. The highest BCUT2D eigenvalue weighted by Gasteiger charge is 2.20. The summed E-state index contributed by atoms with van der Waals surface area (Å²) in [6.07, 6.45) is 0. The number of anilines is 3. The highest BCUT2D eigenvalue weighted by Crippen LogP contribution is 2.44. The van der Waals surface area contributed by atoms with Crippen LogP contribution in [0.4, 0.5) is 17.1 Å². The monoisotopic (exact) mass is 710 g/mol. The Bertz CT molecular complexity index is 3140. The van der Waals surface area contributed by atoms with E-state index in [1.54, 1.807) is 11.3 Å². The molecule has 0 amide bonds. The van der Waals surface area contributed by atoms with E-state index in [4.69, 9.17) is 13.8 Å². The molecular formula is C49H30N2O2S. The minimum atomic E-state index is 0.852. The third-order valence-electron chi connectivity index (χ3n) is 10.3. The van der Waals surface area contributed by atoms with Gasteiger partial charge in [0.1, 0.15) is 27.3 Å². The number of benzene rings is 8. The van der Waals surface area contributed by atoms with Gasteiger partial charge in [-0.15, -0.1) is 11.3 Å². The third-order valence-corrected chi connectivity index (χ3v) is 11.4. The third kappa shape index (κ3) is 5.01. The molecule has 254 valence electrons. The maximum atomic E-state index is 6.47. The van der Waals surface area contributed by atoms with Crippen molar-refractivity contribution in [2.75, 3.05) is 4.90 Å². The van der Waals surface area contributed by atoms with Gasteiger partial charge in [0.25, 0.3) is 0 Å². The number of para-hydroxylation sites is 1. The molecule has 0 radical (unpaired) electrons. The van der Waals surface area contributed by atoms with Crippen molar-refractivity contribution in [2.24, 2.45) is 0 Å². The molecule has 0 spiro atoms. The largest absolute Gasteiger partial charge is 0.456 e. The molecule has 11 rings (SSSR count).